The van der Waals surface area contributed by atoms with E-state index in [9.17, 15) is 4.79 Å². The summed E-state index contributed by atoms with van der Waals surface area (Å²) in [5.74, 6) is 2.00. The highest BCUT2D eigenvalue weighted by Gasteiger charge is 2.18. The molecule has 0 saturated heterocycles. The second-order valence-electron chi connectivity index (χ2n) is 5.10. The molecule has 4 N–H and O–H groups in total. The van der Waals surface area contributed by atoms with Gasteiger partial charge in [-0.05, 0) is 25.2 Å². The number of aromatic amines is 1. The van der Waals surface area contributed by atoms with Gasteiger partial charge in [0.2, 0.25) is 0 Å². The third-order valence-corrected chi connectivity index (χ3v) is 3.52. The first-order chi connectivity index (χ1) is 8.67. The monoisotopic (exact) mass is 250 g/mol. The van der Waals surface area contributed by atoms with E-state index in [-0.39, 0.29) is 5.56 Å². The van der Waals surface area contributed by atoms with Gasteiger partial charge < -0.3 is 16.0 Å². The van der Waals surface area contributed by atoms with Gasteiger partial charge in [-0.15, -0.1) is 0 Å². The maximum absolute atomic E-state index is 11.4. The third kappa shape index (κ3) is 3.57. The number of aromatic nitrogens is 2. The predicted molar refractivity (Wildman–Crippen MR) is 72.7 cm³/mol. The zero-order chi connectivity index (χ0) is 13.0. The summed E-state index contributed by atoms with van der Waals surface area (Å²) < 4.78 is 0. The molecule has 2 atom stereocenters. The van der Waals surface area contributed by atoms with E-state index in [2.05, 4.69) is 15.3 Å². The van der Waals surface area contributed by atoms with Gasteiger partial charge in [-0.3, -0.25) is 4.79 Å². The maximum atomic E-state index is 11.4. The summed E-state index contributed by atoms with van der Waals surface area (Å²) in [6, 6.07) is 1.85. The lowest BCUT2D eigenvalue weighted by molar-refractivity contribution is 0.335. The molecule has 5 heteroatoms. The second kappa shape index (κ2) is 6.00. The van der Waals surface area contributed by atoms with Crippen molar-refractivity contribution in [3.8, 4) is 0 Å². The van der Waals surface area contributed by atoms with E-state index in [1.165, 1.54) is 18.9 Å². The highest BCUT2D eigenvalue weighted by atomic mass is 16.1. The van der Waals surface area contributed by atoms with Crippen LogP contribution < -0.4 is 16.6 Å². The standard InChI is InChI=1S/C13H22N4O/c1-2-11-16-12(7-13(18)17-11)15-8-9-4-3-5-10(14)6-9/h7,9-10H,2-6,8,14H2,1H3,(H2,15,16,17,18). The van der Waals surface area contributed by atoms with Crippen molar-refractivity contribution in [1.82, 2.24) is 9.97 Å². The van der Waals surface area contributed by atoms with Crippen molar-refractivity contribution >= 4 is 5.82 Å². The molecule has 0 amide bonds. The van der Waals surface area contributed by atoms with Crippen LogP contribution in [0.5, 0.6) is 0 Å². The number of rotatable bonds is 4. The van der Waals surface area contributed by atoms with Crippen LogP contribution >= 0.6 is 0 Å². The van der Waals surface area contributed by atoms with E-state index in [0.29, 0.717) is 17.8 Å². The number of hydrogen-bond acceptors (Lipinski definition) is 4. The predicted octanol–water partition coefficient (Wildman–Crippen LogP) is 1.26. The van der Waals surface area contributed by atoms with Crippen LogP contribution in [0.4, 0.5) is 5.82 Å². The van der Waals surface area contributed by atoms with Gasteiger partial charge in [0.25, 0.3) is 5.56 Å². The van der Waals surface area contributed by atoms with Crippen molar-refractivity contribution in [2.45, 2.75) is 45.1 Å². The highest BCUT2D eigenvalue weighted by molar-refractivity contribution is 5.32. The molecule has 1 aliphatic carbocycles. The SMILES string of the molecule is CCc1nc(NCC2CCCC(N)C2)cc(=O)[nH]1. The lowest BCUT2D eigenvalue weighted by atomic mass is 9.86. The molecule has 100 valence electrons. The molecule has 0 aliphatic heterocycles. The van der Waals surface area contributed by atoms with Gasteiger partial charge in [-0.25, -0.2) is 4.98 Å². The van der Waals surface area contributed by atoms with Crippen LogP contribution in [-0.4, -0.2) is 22.6 Å². The van der Waals surface area contributed by atoms with Gasteiger partial charge in [0.15, 0.2) is 0 Å². The van der Waals surface area contributed by atoms with Crippen LogP contribution in [0.1, 0.15) is 38.4 Å². The first-order valence-corrected chi connectivity index (χ1v) is 6.77. The summed E-state index contributed by atoms with van der Waals surface area (Å²) in [6.45, 7) is 2.83. The minimum atomic E-state index is -0.0929. The Hall–Kier alpha value is -1.36. The number of H-pyrrole nitrogens is 1. The molecule has 0 aromatic carbocycles. The molecule has 1 aromatic rings. The average Bonchev–Trinajstić information content (AvgIpc) is 2.36. The van der Waals surface area contributed by atoms with E-state index < -0.39 is 0 Å². The minimum absolute atomic E-state index is 0.0929. The van der Waals surface area contributed by atoms with E-state index in [1.54, 1.807) is 0 Å². The van der Waals surface area contributed by atoms with Crippen LogP contribution in [0.15, 0.2) is 10.9 Å². The fourth-order valence-electron chi connectivity index (χ4n) is 2.53. The van der Waals surface area contributed by atoms with Crippen molar-refractivity contribution in [2.75, 3.05) is 11.9 Å². The lowest BCUT2D eigenvalue weighted by Gasteiger charge is -2.26. The summed E-state index contributed by atoms with van der Waals surface area (Å²) in [4.78, 5) is 18.5. The molecule has 2 unspecified atom stereocenters. The van der Waals surface area contributed by atoms with Gasteiger partial charge in [-0.2, -0.15) is 0 Å². The maximum Gasteiger partial charge on any atom is 0.252 e. The Labute approximate surface area is 107 Å². The Kier molecular flexibility index (Phi) is 4.36. The van der Waals surface area contributed by atoms with Crippen molar-refractivity contribution in [3.05, 3.63) is 22.2 Å². The Morgan fingerprint density at radius 2 is 2.39 bits per heavy atom. The zero-order valence-corrected chi connectivity index (χ0v) is 10.9. The molecule has 2 rings (SSSR count). The number of aryl methyl sites for hydroxylation is 1. The van der Waals surface area contributed by atoms with Gasteiger partial charge in [0.05, 0.1) is 0 Å². The van der Waals surface area contributed by atoms with Gasteiger partial charge in [-0.1, -0.05) is 13.3 Å². The normalized spacial score (nSPS) is 23.9. The lowest BCUT2D eigenvalue weighted by Crippen LogP contribution is -2.31. The fourth-order valence-corrected chi connectivity index (χ4v) is 2.53. The molecular formula is C13H22N4O. The molecule has 1 heterocycles. The first-order valence-electron chi connectivity index (χ1n) is 6.77. The number of hydrogen-bond donors (Lipinski definition) is 3. The minimum Gasteiger partial charge on any atom is -0.370 e. The molecular weight excluding hydrogens is 228 g/mol. The molecule has 0 bridgehead atoms. The zero-order valence-electron chi connectivity index (χ0n) is 10.9. The number of nitrogens with one attached hydrogen (secondary N) is 2. The fraction of sp³-hybridized carbons (Fsp3) is 0.692. The van der Waals surface area contributed by atoms with Crippen LogP contribution in [0.2, 0.25) is 0 Å². The van der Waals surface area contributed by atoms with Gasteiger partial charge in [0.1, 0.15) is 11.6 Å². The van der Waals surface area contributed by atoms with Crippen LogP contribution in [0, 0.1) is 5.92 Å². The Bertz CT molecular complexity index is 443. The first kappa shape index (κ1) is 13.1. The van der Waals surface area contributed by atoms with E-state index in [0.717, 1.165) is 31.6 Å². The van der Waals surface area contributed by atoms with Crippen LogP contribution in [0.3, 0.4) is 0 Å². The van der Waals surface area contributed by atoms with Gasteiger partial charge in [0, 0.05) is 25.1 Å². The largest absolute Gasteiger partial charge is 0.370 e. The molecule has 1 saturated carbocycles. The number of nitrogens with two attached hydrogens (primary N) is 1. The summed E-state index contributed by atoms with van der Waals surface area (Å²) in [7, 11) is 0. The molecule has 18 heavy (non-hydrogen) atoms. The third-order valence-electron chi connectivity index (χ3n) is 3.52. The highest BCUT2D eigenvalue weighted by Crippen LogP contribution is 2.23. The van der Waals surface area contributed by atoms with E-state index >= 15 is 0 Å². The molecule has 5 nitrogen and oxygen atoms in total. The van der Waals surface area contributed by atoms with E-state index in [1.807, 2.05) is 6.92 Å². The quantitative estimate of drug-likeness (QED) is 0.751. The van der Waals surface area contributed by atoms with Crippen molar-refractivity contribution in [3.63, 3.8) is 0 Å². The number of nitrogens with zero attached hydrogens (tertiary/aromatic N) is 1. The van der Waals surface area contributed by atoms with Crippen molar-refractivity contribution in [2.24, 2.45) is 11.7 Å². The Morgan fingerprint density at radius 3 is 3.11 bits per heavy atom. The average molecular weight is 250 g/mol. The summed E-state index contributed by atoms with van der Waals surface area (Å²) in [5.41, 5.74) is 5.87. The summed E-state index contributed by atoms with van der Waals surface area (Å²) >= 11 is 0. The van der Waals surface area contributed by atoms with Crippen LogP contribution in [-0.2, 0) is 6.42 Å². The van der Waals surface area contributed by atoms with E-state index in [4.69, 9.17) is 5.73 Å². The smallest absolute Gasteiger partial charge is 0.252 e. The Morgan fingerprint density at radius 1 is 1.56 bits per heavy atom. The summed E-state index contributed by atoms with van der Waals surface area (Å²) in [6.07, 6.45) is 5.36. The molecule has 0 spiro atoms. The number of anilines is 1. The van der Waals surface area contributed by atoms with Crippen molar-refractivity contribution in [1.29, 1.82) is 0 Å². The molecule has 1 fully saturated rings. The Balaban J connectivity index is 1.93. The topological polar surface area (TPSA) is 83.8 Å². The van der Waals surface area contributed by atoms with Gasteiger partial charge >= 0.3 is 0 Å². The molecule has 0 radical (unpaired) electrons. The van der Waals surface area contributed by atoms with Crippen LogP contribution in [0.25, 0.3) is 0 Å². The molecule has 1 aromatic heterocycles. The van der Waals surface area contributed by atoms with Crippen molar-refractivity contribution < 1.29 is 0 Å². The second-order valence-corrected chi connectivity index (χ2v) is 5.10. The summed E-state index contributed by atoms with van der Waals surface area (Å²) in [5, 5.41) is 3.26. The molecule has 1 aliphatic rings.